The Balaban J connectivity index is 0.000000218. The molecule has 4 aromatic carbocycles. The number of pyridine rings is 1. The Kier molecular flexibility index (Phi) is 10.8. The molecule has 1 N–H and O–H groups in total. The molecule has 0 spiro atoms. The van der Waals surface area contributed by atoms with Crippen molar-refractivity contribution in [2.75, 3.05) is 0 Å². The van der Waals surface area contributed by atoms with Crippen LogP contribution in [0.1, 0.15) is 67.2 Å². The predicted octanol–water partition coefficient (Wildman–Crippen LogP) is 11.1. The van der Waals surface area contributed by atoms with Crippen molar-refractivity contribution in [1.82, 2.24) is 9.55 Å². The number of ketones is 1. The van der Waals surface area contributed by atoms with Crippen LogP contribution in [-0.4, -0.2) is 34.9 Å². The zero-order chi connectivity index (χ0) is 33.3. The van der Waals surface area contributed by atoms with Gasteiger partial charge in [0, 0.05) is 37.0 Å². The summed E-state index contributed by atoms with van der Waals surface area (Å²) in [5.41, 5.74) is 4.92. The van der Waals surface area contributed by atoms with Crippen molar-refractivity contribution in [2.45, 2.75) is 67.2 Å². The first kappa shape index (κ1) is 35.8. The van der Waals surface area contributed by atoms with Gasteiger partial charge in [0.15, 0.2) is 5.78 Å². The van der Waals surface area contributed by atoms with Crippen molar-refractivity contribution in [2.24, 2.45) is 10.8 Å². The van der Waals surface area contributed by atoms with Gasteiger partial charge in [0.1, 0.15) is 5.76 Å². The first-order valence-electron chi connectivity index (χ1n) is 16.7. The number of allylic oxidation sites excluding steroid dienone is 2. The van der Waals surface area contributed by atoms with Crippen molar-refractivity contribution >= 4 is 72.4 Å². The van der Waals surface area contributed by atoms with E-state index in [-0.39, 0.29) is 42.5 Å². The Morgan fingerprint density at radius 1 is 0.812 bits per heavy atom. The molecule has 0 aliphatic heterocycles. The van der Waals surface area contributed by atoms with E-state index in [1.807, 2.05) is 41.5 Å². The number of hydrogen-bond donors (Lipinski definition) is 1. The van der Waals surface area contributed by atoms with Gasteiger partial charge in [0.05, 0.1) is 0 Å². The Morgan fingerprint density at radius 2 is 1.46 bits per heavy atom. The van der Waals surface area contributed by atoms with Gasteiger partial charge in [-0.3, -0.25) is 4.79 Å². The number of fused-ring (bicyclic) bond motifs is 3. The number of benzene rings is 4. The molecule has 6 heteroatoms. The van der Waals surface area contributed by atoms with Crippen LogP contribution in [-0.2, 0) is 24.9 Å². The van der Waals surface area contributed by atoms with E-state index in [1.165, 1.54) is 30.9 Å². The van der Waals surface area contributed by atoms with Crippen LogP contribution in [0.2, 0.25) is 0 Å². The van der Waals surface area contributed by atoms with Crippen molar-refractivity contribution in [3.05, 3.63) is 109 Å². The SMILES string of the molecule is CCC(C)(CC)C(=O)/C=C(\O)C(C)(CC)CC.[Ir].[c-]1ccc2[se]c3cccc4c3c2c1c1nc2ccccc2cc1n4-c1ccccc1. The zero-order valence-electron chi connectivity index (χ0n) is 28.6. The van der Waals surface area contributed by atoms with Crippen LogP contribution >= 0.6 is 0 Å². The predicted molar refractivity (Wildman–Crippen MR) is 200 cm³/mol. The second kappa shape index (κ2) is 14.5. The maximum absolute atomic E-state index is 12.2. The quantitative estimate of drug-likeness (QED) is 0.0716. The van der Waals surface area contributed by atoms with Crippen LogP contribution in [0.5, 0.6) is 0 Å². The summed E-state index contributed by atoms with van der Waals surface area (Å²) in [6.07, 6.45) is 4.75. The van der Waals surface area contributed by atoms with Gasteiger partial charge in [-0.1, -0.05) is 41.5 Å². The molecule has 0 atom stereocenters. The standard InChI is InChI=1S/C27H15N2Se.C15H28O2.Ir/c1-2-9-18(10-3-1)29-21-13-7-15-24-26(21)25-19(11-6-14-23(25)30-24)27-22(29)16-17-8-4-5-12-20(17)28-27;1-7-14(5,8-2)12(16)11-13(17)15(6,9-3)10-4;/h1-10,12-16H;11,16H,7-10H2,1-6H3;/q-1;;/b;12-11-;. The van der Waals surface area contributed by atoms with Gasteiger partial charge in [0.25, 0.3) is 0 Å². The van der Waals surface area contributed by atoms with E-state index in [1.54, 1.807) is 0 Å². The molecule has 48 heavy (non-hydrogen) atoms. The van der Waals surface area contributed by atoms with E-state index in [2.05, 4.69) is 102 Å². The van der Waals surface area contributed by atoms with Gasteiger partial charge >= 0.3 is 179 Å². The molecule has 0 aliphatic carbocycles. The van der Waals surface area contributed by atoms with Gasteiger partial charge in [-0.05, 0) is 25.7 Å². The Morgan fingerprint density at radius 3 is 2.15 bits per heavy atom. The van der Waals surface area contributed by atoms with Gasteiger partial charge in [-0.25, -0.2) is 0 Å². The molecule has 0 aliphatic rings. The van der Waals surface area contributed by atoms with Crippen LogP contribution in [0.3, 0.4) is 0 Å². The number of rotatable bonds is 8. The van der Waals surface area contributed by atoms with E-state index in [4.69, 9.17) is 4.98 Å². The molecule has 3 aromatic heterocycles. The molecule has 7 aromatic rings. The molecule has 1 radical (unpaired) electrons. The minimum atomic E-state index is -0.337. The van der Waals surface area contributed by atoms with Crippen molar-refractivity contribution in [3.63, 3.8) is 0 Å². The maximum atomic E-state index is 12.2. The van der Waals surface area contributed by atoms with Gasteiger partial charge in [0.2, 0.25) is 0 Å². The summed E-state index contributed by atoms with van der Waals surface area (Å²) < 4.78 is 5.25. The number of hydrogen-bond acceptors (Lipinski definition) is 3. The fourth-order valence-electron chi connectivity index (χ4n) is 6.29. The third-order valence-corrected chi connectivity index (χ3v) is 12.8. The fraction of sp³-hybridized carbons (Fsp3) is 0.286. The van der Waals surface area contributed by atoms with E-state index < -0.39 is 0 Å². The van der Waals surface area contributed by atoms with Crippen LogP contribution in [0, 0.1) is 16.9 Å². The molecule has 0 unspecified atom stereocenters. The number of nitrogens with zero attached hydrogens (tertiary/aromatic N) is 2. The molecular formula is C42H43IrN2O2Se-. The third kappa shape index (κ3) is 6.32. The number of aromatic nitrogens is 2. The van der Waals surface area contributed by atoms with Crippen LogP contribution in [0.15, 0.2) is 103 Å². The zero-order valence-corrected chi connectivity index (χ0v) is 32.7. The number of para-hydroxylation sites is 2. The second-order valence-corrected chi connectivity index (χ2v) is 15.3. The molecule has 0 fully saturated rings. The summed E-state index contributed by atoms with van der Waals surface area (Å²) in [7, 11) is 0. The summed E-state index contributed by atoms with van der Waals surface area (Å²) in [6, 6.07) is 35.9. The first-order valence-corrected chi connectivity index (χ1v) is 18.5. The van der Waals surface area contributed by atoms with E-state index in [9.17, 15) is 9.90 Å². The van der Waals surface area contributed by atoms with E-state index >= 15 is 0 Å². The van der Waals surface area contributed by atoms with Crippen molar-refractivity contribution < 1.29 is 30.0 Å². The van der Waals surface area contributed by atoms with E-state index in [0.29, 0.717) is 14.5 Å². The summed E-state index contributed by atoms with van der Waals surface area (Å²) in [5, 5.41) is 15.1. The Labute approximate surface area is 303 Å². The molecule has 0 saturated carbocycles. The number of carbonyl (C=O) groups is 1. The summed E-state index contributed by atoms with van der Waals surface area (Å²) in [4.78, 5) is 17.4. The molecule has 7 rings (SSSR count). The molecule has 0 saturated heterocycles. The van der Waals surface area contributed by atoms with Crippen molar-refractivity contribution in [3.8, 4) is 5.69 Å². The molecular weight excluding hydrogens is 836 g/mol. The average Bonchev–Trinajstić information content (AvgIpc) is 3.45. The molecule has 0 amide bonds. The Hall–Kier alpha value is -3.53. The fourth-order valence-corrected chi connectivity index (χ4v) is 8.67. The van der Waals surface area contributed by atoms with Gasteiger partial charge < -0.3 is 5.11 Å². The first-order chi connectivity index (χ1) is 22.7. The number of aliphatic hydroxyl groups excluding tert-OH is 1. The molecule has 3 heterocycles. The number of aliphatic hydroxyl groups is 1. The number of carbonyl (C=O) groups excluding carboxylic acids is 1. The molecule has 249 valence electrons. The summed E-state index contributed by atoms with van der Waals surface area (Å²) in [6.45, 7) is 12.1. The average molecular weight is 879 g/mol. The molecule has 4 nitrogen and oxygen atoms in total. The van der Waals surface area contributed by atoms with Gasteiger partial charge in [-0.2, -0.15) is 0 Å². The van der Waals surface area contributed by atoms with Crippen molar-refractivity contribution in [1.29, 1.82) is 0 Å². The van der Waals surface area contributed by atoms with Gasteiger partial charge in [-0.15, -0.1) is 0 Å². The molecule has 0 bridgehead atoms. The second-order valence-electron chi connectivity index (χ2n) is 13.0. The van der Waals surface area contributed by atoms with E-state index in [0.717, 1.165) is 58.7 Å². The minimum absolute atomic E-state index is 0. The third-order valence-electron chi connectivity index (χ3n) is 10.5. The van der Waals surface area contributed by atoms with Crippen LogP contribution < -0.4 is 0 Å². The van der Waals surface area contributed by atoms with Crippen LogP contribution in [0.25, 0.3) is 57.8 Å². The normalized spacial score (nSPS) is 12.4. The Bertz CT molecular complexity index is 2260. The van der Waals surface area contributed by atoms with Crippen LogP contribution in [0.4, 0.5) is 0 Å². The monoisotopic (exact) mass is 880 g/mol. The summed E-state index contributed by atoms with van der Waals surface area (Å²) in [5.74, 6) is 0.286. The topological polar surface area (TPSA) is 55.1 Å². The summed E-state index contributed by atoms with van der Waals surface area (Å²) >= 11 is 0.307.